The number of benzene rings is 1. The Kier molecular flexibility index (Phi) is 3.77. The number of hydrogen-bond acceptors (Lipinski definition) is 6. The van der Waals surface area contributed by atoms with Crippen LogP contribution in [0.5, 0.6) is 0 Å². The zero-order valence-corrected chi connectivity index (χ0v) is 11.2. The summed E-state index contributed by atoms with van der Waals surface area (Å²) < 4.78 is 25.5. The molecule has 1 aromatic carbocycles. The largest absolute Gasteiger partial charge is 0.269 e. The van der Waals surface area contributed by atoms with Crippen LogP contribution in [0.15, 0.2) is 35.5 Å². The standard InChI is InChI=1S/C10H11N5O4S/c1-14(6-10-11-7-12-13-10)20(18,19)9-4-2-8(3-5-9)15(16)17/h2-5,7H,6H2,1H3,(H,11,12,13). The molecule has 0 atom stereocenters. The van der Waals surface area contributed by atoms with Crippen molar-refractivity contribution in [3.05, 3.63) is 46.5 Å². The van der Waals surface area contributed by atoms with Gasteiger partial charge in [-0.3, -0.25) is 15.2 Å². The predicted molar refractivity (Wildman–Crippen MR) is 68.1 cm³/mol. The second-order valence-corrected chi connectivity index (χ2v) is 5.99. The maximum absolute atomic E-state index is 12.2. The fourth-order valence-electron chi connectivity index (χ4n) is 1.52. The summed E-state index contributed by atoms with van der Waals surface area (Å²) in [4.78, 5) is 13.8. The third kappa shape index (κ3) is 2.81. The zero-order valence-electron chi connectivity index (χ0n) is 10.4. The van der Waals surface area contributed by atoms with Gasteiger partial charge < -0.3 is 0 Å². The summed E-state index contributed by atoms with van der Waals surface area (Å²) >= 11 is 0. The molecule has 0 bridgehead atoms. The molecular formula is C10H11N5O4S. The molecule has 0 saturated carbocycles. The van der Waals surface area contributed by atoms with Gasteiger partial charge in [0.25, 0.3) is 5.69 Å². The topological polar surface area (TPSA) is 122 Å². The molecule has 1 N–H and O–H groups in total. The number of sulfonamides is 1. The van der Waals surface area contributed by atoms with Crippen LogP contribution in [0.1, 0.15) is 5.82 Å². The fraction of sp³-hybridized carbons (Fsp3) is 0.200. The molecule has 0 aliphatic rings. The van der Waals surface area contributed by atoms with E-state index in [2.05, 4.69) is 15.2 Å². The summed E-state index contributed by atoms with van der Waals surface area (Å²) in [5, 5.41) is 16.7. The van der Waals surface area contributed by atoms with Crippen LogP contribution in [0.25, 0.3) is 0 Å². The fourth-order valence-corrected chi connectivity index (χ4v) is 2.65. The Bertz CT molecular complexity index is 696. The lowest BCUT2D eigenvalue weighted by Gasteiger charge is -2.15. The van der Waals surface area contributed by atoms with Crippen molar-refractivity contribution in [3.63, 3.8) is 0 Å². The highest BCUT2D eigenvalue weighted by atomic mass is 32.2. The second-order valence-electron chi connectivity index (χ2n) is 3.94. The minimum absolute atomic E-state index is 0.0230. The smallest absolute Gasteiger partial charge is 0.262 e. The van der Waals surface area contributed by atoms with Crippen molar-refractivity contribution in [2.75, 3.05) is 7.05 Å². The summed E-state index contributed by atoms with van der Waals surface area (Å²) in [5.74, 6) is 0.401. The van der Waals surface area contributed by atoms with E-state index in [-0.39, 0.29) is 17.1 Å². The van der Waals surface area contributed by atoms with Crippen LogP contribution in [-0.2, 0) is 16.6 Å². The average molecular weight is 297 g/mol. The van der Waals surface area contributed by atoms with E-state index >= 15 is 0 Å². The Balaban J connectivity index is 2.23. The third-order valence-electron chi connectivity index (χ3n) is 2.59. The summed E-state index contributed by atoms with van der Waals surface area (Å²) in [6.07, 6.45) is 1.28. The number of nitro benzene ring substituents is 1. The van der Waals surface area contributed by atoms with Gasteiger partial charge in [0.05, 0.1) is 16.4 Å². The van der Waals surface area contributed by atoms with Crippen LogP contribution in [0, 0.1) is 10.1 Å². The van der Waals surface area contributed by atoms with Crippen molar-refractivity contribution in [1.82, 2.24) is 19.5 Å². The highest BCUT2D eigenvalue weighted by Gasteiger charge is 2.22. The quantitative estimate of drug-likeness (QED) is 0.634. The monoisotopic (exact) mass is 297 g/mol. The number of aromatic amines is 1. The van der Waals surface area contributed by atoms with Gasteiger partial charge in [0.2, 0.25) is 10.0 Å². The number of aromatic nitrogens is 3. The van der Waals surface area contributed by atoms with E-state index < -0.39 is 14.9 Å². The molecule has 10 heteroatoms. The van der Waals surface area contributed by atoms with Crippen LogP contribution in [0.3, 0.4) is 0 Å². The van der Waals surface area contributed by atoms with Gasteiger partial charge in [-0.05, 0) is 12.1 Å². The van der Waals surface area contributed by atoms with Crippen molar-refractivity contribution in [3.8, 4) is 0 Å². The normalized spacial score (nSPS) is 11.7. The molecule has 0 aliphatic carbocycles. The van der Waals surface area contributed by atoms with Gasteiger partial charge in [-0.15, -0.1) is 0 Å². The second kappa shape index (κ2) is 5.35. The van der Waals surface area contributed by atoms with Crippen molar-refractivity contribution >= 4 is 15.7 Å². The van der Waals surface area contributed by atoms with Crippen LogP contribution < -0.4 is 0 Å². The molecule has 1 heterocycles. The summed E-state index contributed by atoms with van der Waals surface area (Å²) in [5.41, 5.74) is -0.165. The van der Waals surface area contributed by atoms with Gasteiger partial charge in [-0.25, -0.2) is 13.4 Å². The zero-order chi connectivity index (χ0) is 14.8. The molecule has 20 heavy (non-hydrogen) atoms. The van der Waals surface area contributed by atoms with Crippen molar-refractivity contribution in [2.45, 2.75) is 11.4 Å². The van der Waals surface area contributed by atoms with Gasteiger partial charge in [0, 0.05) is 19.2 Å². The maximum Gasteiger partial charge on any atom is 0.269 e. The lowest BCUT2D eigenvalue weighted by Crippen LogP contribution is -2.27. The Morgan fingerprint density at radius 1 is 1.35 bits per heavy atom. The van der Waals surface area contributed by atoms with Crippen LogP contribution in [0.2, 0.25) is 0 Å². The lowest BCUT2D eigenvalue weighted by molar-refractivity contribution is -0.384. The molecule has 0 unspecified atom stereocenters. The molecule has 0 amide bonds. The molecule has 0 fully saturated rings. The first kappa shape index (κ1) is 14.1. The number of hydrogen-bond donors (Lipinski definition) is 1. The van der Waals surface area contributed by atoms with Gasteiger partial charge in [-0.1, -0.05) is 0 Å². The van der Waals surface area contributed by atoms with Crippen molar-refractivity contribution in [1.29, 1.82) is 0 Å². The van der Waals surface area contributed by atoms with Gasteiger partial charge in [0.1, 0.15) is 12.2 Å². The van der Waals surface area contributed by atoms with E-state index in [0.29, 0.717) is 5.82 Å². The van der Waals surface area contributed by atoms with Gasteiger partial charge in [-0.2, -0.15) is 9.40 Å². The first-order valence-electron chi connectivity index (χ1n) is 5.46. The lowest BCUT2D eigenvalue weighted by atomic mass is 10.3. The summed E-state index contributed by atoms with van der Waals surface area (Å²) in [6, 6.07) is 4.69. The molecule has 2 rings (SSSR count). The molecule has 9 nitrogen and oxygen atoms in total. The summed E-state index contributed by atoms with van der Waals surface area (Å²) in [7, 11) is -2.35. The first-order chi connectivity index (χ1) is 9.41. The highest BCUT2D eigenvalue weighted by Crippen LogP contribution is 2.19. The number of non-ortho nitro benzene ring substituents is 1. The Morgan fingerprint density at radius 2 is 2.00 bits per heavy atom. The van der Waals surface area contributed by atoms with E-state index in [1.807, 2.05) is 0 Å². The number of H-pyrrole nitrogens is 1. The predicted octanol–water partition coefficient (Wildman–Crippen LogP) is 0.534. The van der Waals surface area contributed by atoms with Crippen LogP contribution in [0.4, 0.5) is 5.69 Å². The molecule has 0 radical (unpaired) electrons. The number of nitrogens with zero attached hydrogens (tertiary/aromatic N) is 4. The van der Waals surface area contributed by atoms with E-state index in [9.17, 15) is 18.5 Å². The summed E-state index contributed by atoms with van der Waals surface area (Å²) in [6.45, 7) is 0.0271. The van der Waals surface area contributed by atoms with Crippen molar-refractivity contribution < 1.29 is 13.3 Å². The first-order valence-corrected chi connectivity index (χ1v) is 6.90. The number of nitro groups is 1. The molecular weight excluding hydrogens is 286 g/mol. The molecule has 0 spiro atoms. The van der Waals surface area contributed by atoms with Gasteiger partial charge in [0.15, 0.2) is 0 Å². The maximum atomic E-state index is 12.2. The number of rotatable bonds is 5. The SMILES string of the molecule is CN(Cc1ncn[nH]1)S(=O)(=O)c1ccc([N+](=O)[O-])cc1. The van der Waals surface area contributed by atoms with E-state index in [0.717, 1.165) is 16.4 Å². The molecule has 0 aliphatic heterocycles. The molecule has 1 aromatic heterocycles. The number of nitrogens with one attached hydrogen (secondary N) is 1. The highest BCUT2D eigenvalue weighted by molar-refractivity contribution is 7.89. The third-order valence-corrected chi connectivity index (χ3v) is 4.41. The minimum Gasteiger partial charge on any atom is -0.262 e. The Hall–Kier alpha value is -2.33. The van der Waals surface area contributed by atoms with Gasteiger partial charge >= 0.3 is 0 Å². The van der Waals surface area contributed by atoms with E-state index in [1.165, 1.54) is 25.5 Å². The Labute approximate surface area is 114 Å². The van der Waals surface area contributed by atoms with Crippen LogP contribution >= 0.6 is 0 Å². The van der Waals surface area contributed by atoms with Crippen molar-refractivity contribution in [2.24, 2.45) is 0 Å². The van der Waals surface area contributed by atoms with E-state index in [4.69, 9.17) is 0 Å². The van der Waals surface area contributed by atoms with Crippen LogP contribution in [-0.4, -0.2) is 39.9 Å². The molecule has 2 aromatic rings. The Morgan fingerprint density at radius 3 is 2.50 bits per heavy atom. The van der Waals surface area contributed by atoms with E-state index in [1.54, 1.807) is 0 Å². The molecule has 0 saturated heterocycles. The average Bonchev–Trinajstić information content (AvgIpc) is 2.91. The molecule has 106 valence electrons. The minimum atomic E-state index is -3.73.